The number of nitrogens with zero attached hydrogens (tertiary/aromatic N) is 3. The highest BCUT2D eigenvalue weighted by molar-refractivity contribution is 6.39. The van der Waals surface area contributed by atoms with Gasteiger partial charge >= 0.3 is 0 Å². The standard InChI is InChI=1S/C19H15Cl2N3O2/c1-11-4-2-7-15(11)26-16-9-8-14-18(19(25)22-10-24(14)23-16)17-12(20)5-3-6-13(17)21/h3,5-6,8-10H,2,4,7H2,1H3. The number of benzene rings is 1. The number of hydrogen-bond acceptors (Lipinski definition) is 4. The van der Waals surface area contributed by atoms with Crippen LogP contribution in [-0.2, 0) is 0 Å². The number of hydrogen-bond donors (Lipinski definition) is 0. The average Bonchev–Trinajstić information content (AvgIpc) is 3.01. The summed E-state index contributed by atoms with van der Waals surface area (Å²) in [6.07, 6.45) is 4.42. The Hall–Kier alpha value is -2.37. The summed E-state index contributed by atoms with van der Waals surface area (Å²) in [6, 6.07) is 8.61. The van der Waals surface area contributed by atoms with Crippen LogP contribution in [0.1, 0.15) is 26.2 Å². The second-order valence-electron chi connectivity index (χ2n) is 6.18. The van der Waals surface area contributed by atoms with E-state index in [1.807, 2.05) is 0 Å². The van der Waals surface area contributed by atoms with Crippen molar-refractivity contribution in [2.45, 2.75) is 26.2 Å². The minimum Gasteiger partial charge on any atom is -0.442 e. The molecule has 0 atom stereocenters. The molecule has 0 N–H and O–H groups in total. The summed E-state index contributed by atoms with van der Waals surface area (Å²) in [5, 5.41) is 5.20. The molecule has 2 heterocycles. The van der Waals surface area contributed by atoms with E-state index in [0.29, 0.717) is 32.6 Å². The summed E-state index contributed by atoms with van der Waals surface area (Å²) in [5.41, 5.74) is 2.16. The number of fused-ring (bicyclic) bond motifs is 1. The second-order valence-corrected chi connectivity index (χ2v) is 7.00. The highest BCUT2D eigenvalue weighted by Gasteiger charge is 2.18. The number of aromatic nitrogens is 3. The van der Waals surface area contributed by atoms with Gasteiger partial charge in [0.15, 0.2) is 0 Å². The van der Waals surface area contributed by atoms with Gasteiger partial charge in [-0.25, -0.2) is 4.52 Å². The van der Waals surface area contributed by atoms with Crippen molar-refractivity contribution < 1.29 is 4.74 Å². The topological polar surface area (TPSA) is 56.5 Å². The van der Waals surface area contributed by atoms with Gasteiger partial charge in [-0.3, -0.25) is 4.79 Å². The van der Waals surface area contributed by atoms with E-state index in [4.69, 9.17) is 27.9 Å². The van der Waals surface area contributed by atoms with Crippen molar-refractivity contribution in [3.05, 3.63) is 68.4 Å². The average molecular weight is 388 g/mol. The van der Waals surface area contributed by atoms with Gasteiger partial charge in [0.05, 0.1) is 21.1 Å². The molecule has 0 aliphatic heterocycles. The Bertz CT molecular complexity index is 1090. The van der Waals surface area contributed by atoms with E-state index in [-0.39, 0.29) is 0 Å². The first-order valence-corrected chi connectivity index (χ1v) is 9.00. The maximum Gasteiger partial charge on any atom is 0.281 e. The van der Waals surface area contributed by atoms with E-state index in [9.17, 15) is 4.79 Å². The zero-order chi connectivity index (χ0) is 18.3. The van der Waals surface area contributed by atoms with E-state index in [1.54, 1.807) is 30.3 Å². The molecule has 0 radical (unpaired) electrons. The molecule has 4 rings (SSSR count). The molecule has 1 aromatic carbocycles. The molecule has 0 fully saturated rings. The Morgan fingerprint density at radius 1 is 1.08 bits per heavy atom. The highest BCUT2D eigenvalue weighted by Crippen LogP contribution is 2.35. The molecule has 0 saturated heterocycles. The van der Waals surface area contributed by atoms with E-state index >= 15 is 0 Å². The van der Waals surface area contributed by atoms with E-state index < -0.39 is 5.56 Å². The molecule has 1 aliphatic carbocycles. The molecular formula is C19H15Cl2N3O2. The molecule has 1 aliphatic rings. The zero-order valence-corrected chi connectivity index (χ0v) is 15.5. The maximum atomic E-state index is 12.4. The van der Waals surface area contributed by atoms with Crippen LogP contribution in [0.5, 0.6) is 5.88 Å². The van der Waals surface area contributed by atoms with Crippen LogP contribution < -0.4 is 10.3 Å². The molecule has 0 spiro atoms. The Balaban J connectivity index is 1.86. The van der Waals surface area contributed by atoms with Gasteiger partial charge in [0.1, 0.15) is 12.1 Å². The summed E-state index contributed by atoms with van der Waals surface area (Å²) in [5.74, 6) is 1.41. The summed E-state index contributed by atoms with van der Waals surface area (Å²) in [7, 11) is 0. The zero-order valence-electron chi connectivity index (χ0n) is 14.0. The van der Waals surface area contributed by atoms with Gasteiger partial charge in [-0.15, -0.1) is 5.10 Å². The molecule has 0 unspecified atom stereocenters. The lowest BCUT2D eigenvalue weighted by Crippen LogP contribution is -2.14. The van der Waals surface area contributed by atoms with Crippen LogP contribution in [-0.4, -0.2) is 14.6 Å². The van der Waals surface area contributed by atoms with Gasteiger partial charge in [0.25, 0.3) is 5.56 Å². The fourth-order valence-electron chi connectivity index (χ4n) is 3.14. The Labute approximate surface area is 159 Å². The quantitative estimate of drug-likeness (QED) is 0.641. The third kappa shape index (κ3) is 2.97. The second kappa shape index (κ2) is 6.74. The lowest BCUT2D eigenvalue weighted by molar-refractivity contribution is 0.385. The van der Waals surface area contributed by atoms with Crippen LogP contribution in [0.3, 0.4) is 0 Å². The summed E-state index contributed by atoms with van der Waals surface area (Å²) >= 11 is 12.6. The monoisotopic (exact) mass is 387 g/mol. The van der Waals surface area contributed by atoms with Crippen molar-refractivity contribution in [3.63, 3.8) is 0 Å². The fraction of sp³-hybridized carbons (Fsp3) is 0.211. The van der Waals surface area contributed by atoms with Crippen LogP contribution in [0.15, 0.2) is 52.8 Å². The third-order valence-electron chi connectivity index (χ3n) is 4.46. The van der Waals surface area contributed by atoms with Gasteiger partial charge in [0, 0.05) is 18.1 Å². The summed E-state index contributed by atoms with van der Waals surface area (Å²) < 4.78 is 7.42. The Morgan fingerprint density at radius 2 is 1.85 bits per heavy atom. The van der Waals surface area contributed by atoms with Crippen LogP contribution in [0, 0.1) is 0 Å². The molecule has 0 bridgehead atoms. The molecule has 26 heavy (non-hydrogen) atoms. The fourth-order valence-corrected chi connectivity index (χ4v) is 3.73. The highest BCUT2D eigenvalue weighted by atomic mass is 35.5. The molecule has 7 heteroatoms. The Morgan fingerprint density at radius 3 is 2.54 bits per heavy atom. The van der Waals surface area contributed by atoms with Crippen molar-refractivity contribution in [1.82, 2.24) is 14.6 Å². The molecular weight excluding hydrogens is 373 g/mol. The summed E-state index contributed by atoms with van der Waals surface area (Å²) in [6.45, 7) is 2.07. The van der Waals surface area contributed by atoms with Crippen LogP contribution in [0.4, 0.5) is 0 Å². The number of allylic oxidation sites excluding steroid dienone is 2. The normalized spacial score (nSPS) is 14.3. The Kier molecular flexibility index (Phi) is 4.42. The summed E-state index contributed by atoms with van der Waals surface area (Å²) in [4.78, 5) is 16.4. The van der Waals surface area contributed by atoms with Crippen LogP contribution >= 0.6 is 23.2 Å². The van der Waals surface area contributed by atoms with Gasteiger partial charge in [-0.05, 0) is 43.5 Å². The van der Waals surface area contributed by atoms with E-state index in [0.717, 1.165) is 25.0 Å². The van der Waals surface area contributed by atoms with E-state index in [2.05, 4.69) is 17.0 Å². The van der Waals surface area contributed by atoms with Crippen molar-refractivity contribution in [1.29, 1.82) is 0 Å². The van der Waals surface area contributed by atoms with Crippen molar-refractivity contribution in [2.24, 2.45) is 0 Å². The van der Waals surface area contributed by atoms with Gasteiger partial charge in [0.2, 0.25) is 5.88 Å². The van der Waals surface area contributed by atoms with Gasteiger partial charge < -0.3 is 4.74 Å². The van der Waals surface area contributed by atoms with Crippen molar-refractivity contribution >= 4 is 28.7 Å². The van der Waals surface area contributed by atoms with Crippen LogP contribution in [0.25, 0.3) is 16.6 Å². The lowest BCUT2D eigenvalue weighted by Gasteiger charge is -2.11. The van der Waals surface area contributed by atoms with E-state index in [1.165, 1.54) is 16.4 Å². The number of halogens is 2. The van der Waals surface area contributed by atoms with Crippen molar-refractivity contribution in [3.8, 4) is 17.0 Å². The SMILES string of the molecule is CC1=C(Oc2ccc3c(-c4c(Cl)cccc4Cl)c(=O)ncn3n2)CCC1. The van der Waals surface area contributed by atoms with Gasteiger partial charge in [-0.1, -0.05) is 29.3 Å². The molecule has 2 aromatic heterocycles. The smallest absolute Gasteiger partial charge is 0.281 e. The predicted octanol–water partition coefficient (Wildman–Crippen LogP) is 4.90. The molecule has 0 saturated carbocycles. The number of rotatable bonds is 3. The molecule has 3 aromatic rings. The minimum atomic E-state index is -0.412. The van der Waals surface area contributed by atoms with Crippen molar-refractivity contribution in [2.75, 3.05) is 0 Å². The predicted molar refractivity (Wildman–Crippen MR) is 102 cm³/mol. The van der Waals surface area contributed by atoms with Gasteiger partial charge in [-0.2, -0.15) is 4.98 Å². The molecule has 132 valence electrons. The third-order valence-corrected chi connectivity index (χ3v) is 5.09. The first kappa shape index (κ1) is 17.1. The largest absolute Gasteiger partial charge is 0.442 e. The molecule has 5 nitrogen and oxygen atoms in total. The number of ether oxygens (including phenoxy) is 1. The maximum absolute atomic E-state index is 12.4. The first-order valence-electron chi connectivity index (χ1n) is 8.24. The first-order chi connectivity index (χ1) is 12.5. The van der Waals surface area contributed by atoms with Crippen LogP contribution in [0.2, 0.25) is 10.0 Å². The minimum absolute atomic E-state index is 0.318. The molecule has 0 amide bonds. The lowest BCUT2D eigenvalue weighted by atomic mass is 10.1.